The standard InChI is InChI=1S/C19H16F2N2O/c20-15-7-5-6-14(12-15)18(23-10-3-4-11-23)13-19(24)22-17-9-2-1-8-16(17)21/h1-12,18H,13H2,(H,22,24)/t18-/m0/s1. The van der Waals surface area contributed by atoms with Crippen molar-refractivity contribution in [3.05, 3.63) is 90.3 Å². The van der Waals surface area contributed by atoms with Crippen LogP contribution in [0, 0.1) is 11.6 Å². The van der Waals surface area contributed by atoms with E-state index in [2.05, 4.69) is 5.32 Å². The molecule has 122 valence electrons. The van der Waals surface area contributed by atoms with Crippen LogP contribution in [0.3, 0.4) is 0 Å². The first-order valence-electron chi connectivity index (χ1n) is 7.56. The minimum absolute atomic E-state index is 0.0620. The Morgan fingerprint density at radius 3 is 2.46 bits per heavy atom. The highest BCUT2D eigenvalue weighted by molar-refractivity contribution is 5.91. The molecule has 3 nitrogen and oxygen atoms in total. The SMILES string of the molecule is O=C(C[C@@H](c1cccc(F)c1)n1cccc1)Nc1ccccc1F. The number of aromatic nitrogens is 1. The molecule has 0 spiro atoms. The zero-order valence-corrected chi connectivity index (χ0v) is 12.8. The van der Waals surface area contributed by atoms with Gasteiger partial charge < -0.3 is 9.88 Å². The molecule has 3 aromatic rings. The van der Waals surface area contributed by atoms with E-state index in [1.165, 1.54) is 24.3 Å². The van der Waals surface area contributed by atoms with Gasteiger partial charge in [-0.05, 0) is 42.0 Å². The average Bonchev–Trinajstić information content (AvgIpc) is 3.09. The lowest BCUT2D eigenvalue weighted by Crippen LogP contribution is -2.20. The molecule has 2 aromatic carbocycles. The highest BCUT2D eigenvalue weighted by Gasteiger charge is 2.18. The molecule has 0 saturated heterocycles. The Hall–Kier alpha value is -2.95. The van der Waals surface area contributed by atoms with Crippen molar-refractivity contribution in [2.45, 2.75) is 12.5 Å². The van der Waals surface area contributed by atoms with Gasteiger partial charge >= 0.3 is 0 Å². The van der Waals surface area contributed by atoms with Crippen molar-refractivity contribution in [2.75, 3.05) is 5.32 Å². The summed E-state index contributed by atoms with van der Waals surface area (Å²) in [4.78, 5) is 12.3. The molecule has 3 rings (SSSR count). The second-order valence-electron chi connectivity index (χ2n) is 5.43. The van der Waals surface area contributed by atoms with Crippen molar-refractivity contribution in [1.82, 2.24) is 4.57 Å². The molecule has 0 saturated carbocycles. The van der Waals surface area contributed by atoms with E-state index in [0.717, 1.165) is 0 Å². The zero-order chi connectivity index (χ0) is 16.9. The minimum Gasteiger partial charge on any atom is -0.346 e. The molecular formula is C19H16F2N2O. The lowest BCUT2D eigenvalue weighted by Gasteiger charge is -2.19. The predicted molar refractivity (Wildman–Crippen MR) is 88.6 cm³/mol. The second-order valence-corrected chi connectivity index (χ2v) is 5.43. The molecule has 0 unspecified atom stereocenters. The van der Waals surface area contributed by atoms with Crippen molar-refractivity contribution in [3.63, 3.8) is 0 Å². The quantitative estimate of drug-likeness (QED) is 0.741. The number of hydrogen-bond acceptors (Lipinski definition) is 1. The van der Waals surface area contributed by atoms with Gasteiger partial charge in [0.05, 0.1) is 18.2 Å². The summed E-state index contributed by atoms with van der Waals surface area (Å²) in [5.41, 5.74) is 0.808. The molecular weight excluding hydrogens is 310 g/mol. The van der Waals surface area contributed by atoms with Gasteiger partial charge in [-0.3, -0.25) is 4.79 Å². The van der Waals surface area contributed by atoms with Gasteiger partial charge in [-0.15, -0.1) is 0 Å². The largest absolute Gasteiger partial charge is 0.346 e. The first-order valence-corrected chi connectivity index (χ1v) is 7.56. The third-order valence-electron chi connectivity index (χ3n) is 3.75. The van der Waals surface area contributed by atoms with Crippen LogP contribution in [-0.4, -0.2) is 10.5 Å². The fourth-order valence-electron chi connectivity index (χ4n) is 2.60. The maximum absolute atomic E-state index is 13.7. The molecule has 0 bridgehead atoms. The van der Waals surface area contributed by atoms with Gasteiger partial charge in [-0.25, -0.2) is 8.78 Å². The third kappa shape index (κ3) is 3.68. The topological polar surface area (TPSA) is 34.0 Å². The monoisotopic (exact) mass is 326 g/mol. The fourth-order valence-corrected chi connectivity index (χ4v) is 2.60. The lowest BCUT2D eigenvalue weighted by molar-refractivity contribution is -0.116. The maximum Gasteiger partial charge on any atom is 0.226 e. The van der Waals surface area contributed by atoms with Gasteiger partial charge in [-0.1, -0.05) is 24.3 Å². The average molecular weight is 326 g/mol. The number of benzene rings is 2. The number of hydrogen-bond donors (Lipinski definition) is 1. The molecule has 1 aromatic heterocycles. The highest BCUT2D eigenvalue weighted by Crippen LogP contribution is 2.24. The molecule has 0 aliphatic rings. The highest BCUT2D eigenvalue weighted by atomic mass is 19.1. The first kappa shape index (κ1) is 15.9. The van der Waals surface area contributed by atoms with Crippen LogP contribution in [0.15, 0.2) is 73.1 Å². The van der Waals surface area contributed by atoms with E-state index in [1.54, 1.807) is 24.3 Å². The summed E-state index contributed by atoms with van der Waals surface area (Å²) in [6.07, 6.45) is 3.68. The maximum atomic E-state index is 13.7. The van der Waals surface area contributed by atoms with Gasteiger partial charge in [0.2, 0.25) is 5.91 Å². The van der Waals surface area contributed by atoms with E-state index in [9.17, 15) is 13.6 Å². The molecule has 1 atom stereocenters. The number of para-hydroxylation sites is 1. The summed E-state index contributed by atoms with van der Waals surface area (Å²) in [6, 6.07) is 15.4. The summed E-state index contributed by atoms with van der Waals surface area (Å²) in [7, 11) is 0. The number of nitrogens with one attached hydrogen (secondary N) is 1. The first-order chi connectivity index (χ1) is 11.6. The number of carbonyl (C=O) groups excluding carboxylic acids is 1. The van der Waals surface area contributed by atoms with E-state index in [-0.39, 0.29) is 29.9 Å². The van der Waals surface area contributed by atoms with Crippen LogP contribution >= 0.6 is 0 Å². The van der Waals surface area contributed by atoms with Gasteiger partial charge in [0.15, 0.2) is 0 Å². The molecule has 0 radical (unpaired) electrons. The van der Waals surface area contributed by atoms with Crippen molar-refractivity contribution in [1.29, 1.82) is 0 Å². The van der Waals surface area contributed by atoms with E-state index >= 15 is 0 Å². The smallest absolute Gasteiger partial charge is 0.226 e. The lowest BCUT2D eigenvalue weighted by atomic mass is 10.0. The van der Waals surface area contributed by atoms with Crippen LogP contribution in [-0.2, 0) is 4.79 Å². The van der Waals surface area contributed by atoms with E-state index < -0.39 is 5.82 Å². The zero-order valence-electron chi connectivity index (χ0n) is 12.8. The molecule has 0 aliphatic carbocycles. The van der Waals surface area contributed by atoms with Crippen LogP contribution < -0.4 is 5.32 Å². The number of halogens is 2. The van der Waals surface area contributed by atoms with Crippen LogP contribution in [0.4, 0.5) is 14.5 Å². The van der Waals surface area contributed by atoms with Crippen LogP contribution in [0.25, 0.3) is 0 Å². The fraction of sp³-hybridized carbons (Fsp3) is 0.105. The van der Waals surface area contributed by atoms with Gasteiger partial charge in [0.25, 0.3) is 0 Å². The number of amides is 1. The molecule has 0 aliphatic heterocycles. The Bertz CT molecular complexity index is 831. The van der Waals surface area contributed by atoms with Gasteiger partial charge in [0, 0.05) is 12.4 Å². The van der Waals surface area contributed by atoms with Crippen LogP contribution in [0.1, 0.15) is 18.0 Å². The molecule has 24 heavy (non-hydrogen) atoms. The predicted octanol–water partition coefficient (Wildman–Crippen LogP) is 4.38. The molecule has 1 heterocycles. The van der Waals surface area contributed by atoms with E-state index in [4.69, 9.17) is 0 Å². The summed E-state index contributed by atoms with van der Waals surface area (Å²) in [5, 5.41) is 2.57. The Morgan fingerprint density at radius 1 is 1.00 bits per heavy atom. The second kappa shape index (κ2) is 7.08. The molecule has 0 fully saturated rings. The van der Waals surface area contributed by atoms with Crippen LogP contribution in [0.5, 0.6) is 0 Å². The van der Waals surface area contributed by atoms with Crippen molar-refractivity contribution >= 4 is 11.6 Å². The number of rotatable bonds is 5. The van der Waals surface area contributed by atoms with Gasteiger partial charge in [-0.2, -0.15) is 0 Å². The number of anilines is 1. The normalized spacial score (nSPS) is 11.9. The Labute approximate surface area is 138 Å². The summed E-state index contributed by atoms with van der Waals surface area (Å²) in [6.45, 7) is 0. The van der Waals surface area contributed by atoms with Crippen molar-refractivity contribution in [3.8, 4) is 0 Å². The molecule has 1 amide bonds. The summed E-state index contributed by atoms with van der Waals surface area (Å²) < 4.78 is 29.0. The van der Waals surface area contributed by atoms with E-state index in [0.29, 0.717) is 5.56 Å². The summed E-state index contributed by atoms with van der Waals surface area (Å²) in [5.74, 6) is -1.20. The van der Waals surface area contributed by atoms with Crippen molar-refractivity contribution < 1.29 is 13.6 Å². The Morgan fingerprint density at radius 2 is 1.75 bits per heavy atom. The third-order valence-corrected chi connectivity index (χ3v) is 3.75. The van der Waals surface area contributed by atoms with Gasteiger partial charge in [0.1, 0.15) is 11.6 Å². The Balaban J connectivity index is 1.82. The van der Waals surface area contributed by atoms with E-state index in [1.807, 2.05) is 29.1 Å². The molecule has 1 N–H and O–H groups in total. The summed E-state index contributed by atoms with van der Waals surface area (Å²) >= 11 is 0. The number of carbonyl (C=O) groups is 1. The van der Waals surface area contributed by atoms with Crippen LogP contribution in [0.2, 0.25) is 0 Å². The van der Waals surface area contributed by atoms with Crippen molar-refractivity contribution in [2.24, 2.45) is 0 Å². The Kier molecular flexibility index (Phi) is 4.70. The minimum atomic E-state index is -0.492. The number of nitrogens with zero attached hydrogens (tertiary/aromatic N) is 1. The molecule has 5 heteroatoms.